The molecule has 0 saturated carbocycles. The summed E-state index contributed by atoms with van der Waals surface area (Å²) in [7, 11) is -2.39. The molecule has 82 heavy (non-hydrogen) atoms. The lowest BCUT2D eigenvalue weighted by atomic mass is 9.91. The van der Waals surface area contributed by atoms with E-state index >= 15 is 0 Å². The Morgan fingerprint density at radius 3 is 2.18 bits per heavy atom. The molecule has 4 aromatic carbocycles. The molecule has 3 saturated heterocycles. The number of fused-ring (bicyclic) bond motifs is 2. The standard InChI is InChI=1S/C57H66F3N13O8S/c1-5-38-29-43(48(75)31-47(38)74)50-65-66-52(53(76)62-35-57(58,59)60)72(50)40-13-11-36(12-14-40)33-68-25-27-69(28-26-68)34-37-17-21-71(22-18-37)54(77)39-19-23-70(24-20-39)41-15-16-44(49(30-41)81-6-2)63-56-61-32-46-51(64-56)73(82(4,79)80)45-10-8-7-9-42(45)55(78)67(46)3/h7-16,29-32,37,39,74-75H,5-6,17-28,33-35H2,1-4H3,(H,62,76)(H,61,63,64). The number of amides is 3. The van der Waals surface area contributed by atoms with Crippen LogP contribution in [-0.2, 0) is 27.8 Å². The highest BCUT2D eigenvalue weighted by Gasteiger charge is 2.37. The van der Waals surface area contributed by atoms with Crippen LogP contribution in [0.2, 0.25) is 0 Å². The highest BCUT2D eigenvalue weighted by Crippen LogP contribution is 2.42. The number of phenolic OH excluding ortho intramolecular Hbond substituents is 2. The molecule has 3 fully saturated rings. The molecule has 4 aliphatic rings. The zero-order chi connectivity index (χ0) is 58.0. The summed E-state index contributed by atoms with van der Waals surface area (Å²) in [6.45, 7) is 10.5. The highest BCUT2D eigenvalue weighted by atomic mass is 32.2. The van der Waals surface area contributed by atoms with Gasteiger partial charge in [0.05, 0.1) is 41.6 Å². The number of aromatic nitrogens is 5. The number of phenols is 2. The number of ether oxygens (including phenoxy) is 1. The summed E-state index contributed by atoms with van der Waals surface area (Å²) in [5, 5.41) is 34.2. The summed E-state index contributed by atoms with van der Waals surface area (Å²) in [6.07, 6.45) is 1.59. The number of likely N-dealkylation sites (tertiary alicyclic amines) is 1. The largest absolute Gasteiger partial charge is 0.508 e. The number of aryl methyl sites for hydroxylation is 1. The van der Waals surface area contributed by atoms with Crippen LogP contribution in [0.4, 0.5) is 47.7 Å². The average Bonchev–Trinajstić information content (AvgIpc) is 4.04. The summed E-state index contributed by atoms with van der Waals surface area (Å²) >= 11 is 0. The lowest BCUT2D eigenvalue weighted by molar-refractivity contribution is -0.137. The molecule has 0 atom stereocenters. The van der Waals surface area contributed by atoms with E-state index in [1.807, 2.05) is 49.5 Å². The fourth-order valence-corrected chi connectivity index (χ4v) is 12.2. The summed E-state index contributed by atoms with van der Waals surface area (Å²) in [5.41, 5.74) is 4.16. The van der Waals surface area contributed by atoms with Crippen LogP contribution < -0.4 is 29.5 Å². The molecule has 4 aliphatic heterocycles. The molecule has 434 valence electrons. The van der Waals surface area contributed by atoms with E-state index in [2.05, 4.69) is 45.1 Å². The maximum absolute atomic E-state index is 13.9. The van der Waals surface area contributed by atoms with Crippen LogP contribution in [-0.4, -0.2) is 167 Å². The van der Waals surface area contributed by atoms with Gasteiger partial charge < -0.3 is 45.2 Å². The SMILES string of the molecule is CCOc1cc(N2CCC(C(=O)N3CCC(CN4CCN(Cc5ccc(-n6c(C(=O)NCC(F)(F)F)nnc6-c6cc(CC)c(O)cc6O)cc5)CC4)CC3)CC2)ccc1Nc1ncc2c(n1)N(S(C)(=O)=O)c1ccccc1C(=O)N2C. The quantitative estimate of drug-likeness (QED) is 0.0757. The van der Waals surface area contributed by atoms with Gasteiger partial charge in [0.1, 0.15) is 29.5 Å². The first-order chi connectivity index (χ1) is 39.3. The first-order valence-corrected chi connectivity index (χ1v) is 29.3. The minimum Gasteiger partial charge on any atom is -0.508 e. The number of piperidine rings is 2. The zero-order valence-electron chi connectivity index (χ0n) is 46.1. The van der Waals surface area contributed by atoms with Gasteiger partial charge in [0.15, 0.2) is 11.6 Å². The molecule has 10 rings (SSSR count). The molecule has 0 bridgehead atoms. The summed E-state index contributed by atoms with van der Waals surface area (Å²) < 4.78 is 74.2. The van der Waals surface area contributed by atoms with Crippen molar-refractivity contribution in [2.75, 3.05) is 105 Å². The third-order valence-electron chi connectivity index (χ3n) is 15.7. The lowest BCUT2D eigenvalue weighted by Crippen LogP contribution is -2.49. The Morgan fingerprint density at radius 2 is 1.50 bits per heavy atom. The van der Waals surface area contributed by atoms with Crippen molar-refractivity contribution in [1.29, 1.82) is 0 Å². The number of benzene rings is 4. The number of alkyl halides is 3. The van der Waals surface area contributed by atoms with Crippen LogP contribution >= 0.6 is 0 Å². The number of anilines is 6. The number of para-hydroxylation sites is 1. The summed E-state index contributed by atoms with van der Waals surface area (Å²) in [5.74, 6) is -1.02. The van der Waals surface area contributed by atoms with Gasteiger partial charge in [-0.25, -0.2) is 17.7 Å². The predicted molar refractivity (Wildman–Crippen MR) is 303 cm³/mol. The number of nitrogens with zero attached hydrogens (tertiary/aromatic N) is 11. The van der Waals surface area contributed by atoms with E-state index in [0.29, 0.717) is 61.3 Å². The molecule has 6 heterocycles. The normalized spacial score (nSPS) is 16.9. The molecule has 25 heteroatoms. The van der Waals surface area contributed by atoms with Gasteiger partial charge in [-0.1, -0.05) is 31.2 Å². The monoisotopic (exact) mass is 1150 g/mol. The van der Waals surface area contributed by atoms with Gasteiger partial charge in [0.2, 0.25) is 27.7 Å². The molecule has 21 nitrogen and oxygen atoms in total. The van der Waals surface area contributed by atoms with Crippen molar-refractivity contribution in [3.8, 4) is 34.3 Å². The van der Waals surface area contributed by atoms with Crippen molar-refractivity contribution < 1.29 is 50.9 Å². The first kappa shape index (κ1) is 57.2. The van der Waals surface area contributed by atoms with Gasteiger partial charge in [0, 0.05) is 102 Å². The van der Waals surface area contributed by atoms with Crippen molar-refractivity contribution in [3.05, 3.63) is 108 Å². The second kappa shape index (κ2) is 23.8. The van der Waals surface area contributed by atoms with E-state index in [1.165, 1.54) is 21.7 Å². The van der Waals surface area contributed by atoms with Crippen LogP contribution in [0.15, 0.2) is 85.1 Å². The minimum atomic E-state index is -4.65. The molecule has 2 aromatic heterocycles. The van der Waals surface area contributed by atoms with E-state index in [1.54, 1.807) is 43.4 Å². The maximum Gasteiger partial charge on any atom is 0.405 e. The number of aromatic hydroxyl groups is 2. The molecular weight excluding hydrogens is 1080 g/mol. The number of carbonyl (C=O) groups is 3. The average molecular weight is 1150 g/mol. The molecular formula is C57H66F3N13O8S. The smallest absolute Gasteiger partial charge is 0.405 e. The van der Waals surface area contributed by atoms with E-state index in [-0.39, 0.29) is 63.4 Å². The van der Waals surface area contributed by atoms with Crippen molar-refractivity contribution >= 4 is 62.3 Å². The van der Waals surface area contributed by atoms with Crippen molar-refractivity contribution in [1.82, 2.24) is 44.7 Å². The Balaban J connectivity index is 0.695. The molecule has 4 N–H and O–H groups in total. The molecule has 3 amide bonds. The van der Waals surface area contributed by atoms with Crippen molar-refractivity contribution in [2.24, 2.45) is 11.8 Å². The van der Waals surface area contributed by atoms with Crippen LogP contribution in [0.5, 0.6) is 17.2 Å². The number of halogens is 3. The maximum atomic E-state index is 13.9. The zero-order valence-corrected chi connectivity index (χ0v) is 46.9. The third-order valence-corrected chi connectivity index (χ3v) is 16.7. The minimum absolute atomic E-state index is 0.0178. The van der Waals surface area contributed by atoms with E-state index in [0.717, 1.165) is 99.4 Å². The number of sulfonamides is 1. The van der Waals surface area contributed by atoms with Gasteiger partial charge in [-0.3, -0.25) is 23.9 Å². The Hall–Kier alpha value is -8.03. The second-order valence-corrected chi connectivity index (χ2v) is 23.0. The van der Waals surface area contributed by atoms with Crippen LogP contribution in [0.3, 0.4) is 0 Å². The Labute approximate surface area is 473 Å². The first-order valence-electron chi connectivity index (χ1n) is 27.5. The topological polar surface area (TPSA) is 235 Å². The van der Waals surface area contributed by atoms with Crippen LogP contribution in [0.1, 0.15) is 71.6 Å². The van der Waals surface area contributed by atoms with Crippen molar-refractivity contribution in [2.45, 2.75) is 58.7 Å². The second-order valence-electron chi connectivity index (χ2n) is 21.2. The molecule has 0 unspecified atom stereocenters. The third kappa shape index (κ3) is 12.4. The summed E-state index contributed by atoms with van der Waals surface area (Å²) in [6, 6.07) is 22.2. The Morgan fingerprint density at radius 1 is 0.805 bits per heavy atom. The van der Waals surface area contributed by atoms with Crippen LogP contribution in [0.25, 0.3) is 17.1 Å². The van der Waals surface area contributed by atoms with Crippen LogP contribution in [0, 0.1) is 11.8 Å². The van der Waals surface area contributed by atoms with E-state index in [9.17, 15) is 46.2 Å². The molecule has 0 aliphatic carbocycles. The summed E-state index contributed by atoms with van der Waals surface area (Å²) in [4.78, 5) is 60.0. The van der Waals surface area contributed by atoms with Gasteiger partial charge in [-0.15, -0.1) is 10.2 Å². The van der Waals surface area contributed by atoms with Gasteiger partial charge in [-0.2, -0.15) is 18.2 Å². The van der Waals surface area contributed by atoms with E-state index < -0.39 is 40.4 Å². The molecule has 0 spiro atoms. The number of hydrogen-bond donors (Lipinski definition) is 4. The Bertz CT molecular complexity index is 3450. The van der Waals surface area contributed by atoms with Crippen molar-refractivity contribution in [3.63, 3.8) is 0 Å². The van der Waals surface area contributed by atoms with Gasteiger partial charge >= 0.3 is 6.18 Å². The van der Waals surface area contributed by atoms with Gasteiger partial charge in [-0.05, 0) is 98.5 Å². The number of carbonyl (C=O) groups excluding carboxylic acids is 3. The Kier molecular flexibility index (Phi) is 16.6. The molecule has 6 aromatic rings. The fourth-order valence-electron chi connectivity index (χ4n) is 11.3. The number of rotatable bonds is 16. The fraction of sp³-hybridized carbons (Fsp3) is 0.421. The van der Waals surface area contributed by atoms with Gasteiger partial charge in [0.25, 0.3) is 11.8 Å². The number of hydrogen-bond acceptors (Lipinski definition) is 16. The lowest BCUT2D eigenvalue weighted by Gasteiger charge is -2.40. The number of piperazine rings is 1. The predicted octanol–water partition coefficient (Wildman–Crippen LogP) is 7.09. The molecule has 0 radical (unpaired) electrons. The van der Waals surface area contributed by atoms with E-state index in [4.69, 9.17) is 4.74 Å². The number of nitrogens with one attached hydrogen (secondary N) is 2. The highest BCUT2D eigenvalue weighted by molar-refractivity contribution is 7.92.